The summed E-state index contributed by atoms with van der Waals surface area (Å²) in [6.07, 6.45) is -0.895. The van der Waals surface area contributed by atoms with Crippen LogP contribution in [0.2, 0.25) is 0 Å². The van der Waals surface area contributed by atoms with Gasteiger partial charge in [-0.05, 0) is 37.5 Å². The van der Waals surface area contributed by atoms with E-state index in [1.54, 1.807) is 19.2 Å². The Labute approximate surface area is 122 Å². The van der Waals surface area contributed by atoms with E-state index in [1.807, 2.05) is 6.92 Å². The number of halogens is 1. The summed E-state index contributed by atoms with van der Waals surface area (Å²) in [6, 6.07) is 5.69. The molecule has 3 atom stereocenters. The normalized spacial score (nSPS) is 22.8. The van der Waals surface area contributed by atoms with Gasteiger partial charge in [0.15, 0.2) is 6.10 Å². The Kier molecular flexibility index (Phi) is 4.57. The minimum atomic E-state index is -1.04. The average molecular weight is 295 g/mol. The molecule has 5 nitrogen and oxygen atoms in total. The van der Waals surface area contributed by atoms with Crippen molar-refractivity contribution < 1.29 is 23.8 Å². The second kappa shape index (κ2) is 6.22. The molecule has 1 aliphatic heterocycles. The van der Waals surface area contributed by atoms with Crippen molar-refractivity contribution in [2.75, 3.05) is 7.05 Å². The van der Waals surface area contributed by atoms with Gasteiger partial charge in [-0.25, -0.2) is 9.18 Å². The summed E-state index contributed by atoms with van der Waals surface area (Å²) in [5.74, 6) is -1.63. The first-order valence-corrected chi connectivity index (χ1v) is 6.80. The van der Waals surface area contributed by atoms with E-state index in [-0.39, 0.29) is 17.8 Å². The Bertz CT molecular complexity index is 531. The van der Waals surface area contributed by atoms with E-state index in [4.69, 9.17) is 9.84 Å². The van der Waals surface area contributed by atoms with Gasteiger partial charge < -0.3 is 14.7 Å². The van der Waals surface area contributed by atoms with Crippen molar-refractivity contribution in [3.05, 3.63) is 35.6 Å². The maximum absolute atomic E-state index is 12.9. The number of amides is 1. The molecule has 2 rings (SSSR count). The molecule has 114 valence electrons. The molecular weight excluding hydrogens is 277 g/mol. The monoisotopic (exact) mass is 295 g/mol. The van der Waals surface area contributed by atoms with Gasteiger partial charge in [0.1, 0.15) is 11.9 Å². The second-order valence-corrected chi connectivity index (χ2v) is 5.21. The highest BCUT2D eigenvalue weighted by molar-refractivity contribution is 5.82. The molecule has 21 heavy (non-hydrogen) atoms. The van der Waals surface area contributed by atoms with E-state index in [0.29, 0.717) is 12.8 Å². The number of carboxylic acids is 1. The van der Waals surface area contributed by atoms with Gasteiger partial charge in [-0.3, -0.25) is 4.79 Å². The van der Waals surface area contributed by atoms with E-state index >= 15 is 0 Å². The molecule has 1 saturated heterocycles. The van der Waals surface area contributed by atoms with Gasteiger partial charge >= 0.3 is 5.97 Å². The third-order valence-electron chi connectivity index (χ3n) is 3.85. The number of benzene rings is 1. The minimum absolute atomic E-state index is 0.245. The van der Waals surface area contributed by atoms with Crippen LogP contribution in [-0.2, 0) is 14.3 Å². The van der Waals surface area contributed by atoms with Crippen molar-refractivity contribution in [3.8, 4) is 0 Å². The van der Waals surface area contributed by atoms with Crippen molar-refractivity contribution in [3.63, 3.8) is 0 Å². The van der Waals surface area contributed by atoms with Crippen LogP contribution in [0.1, 0.15) is 31.4 Å². The lowest BCUT2D eigenvalue weighted by Crippen LogP contribution is -2.38. The Morgan fingerprint density at radius 2 is 1.86 bits per heavy atom. The van der Waals surface area contributed by atoms with Gasteiger partial charge in [-0.2, -0.15) is 0 Å². The fourth-order valence-corrected chi connectivity index (χ4v) is 2.38. The number of carbonyl (C=O) groups excluding carboxylic acids is 1. The van der Waals surface area contributed by atoms with Crippen LogP contribution in [0.4, 0.5) is 4.39 Å². The van der Waals surface area contributed by atoms with Gasteiger partial charge in [0.2, 0.25) is 0 Å². The lowest BCUT2D eigenvalue weighted by molar-refractivity contribution is -0.155. The van der Waals surface area contributed by atoms with Crippen molar-refractivity contribution in [2.24, 2.45) is 0 Å². The molecule has 3 unspecified atom stereocenters. The summed E-state index contributed by atoms with van der Waals surface area (Å²) >= 11 is 0. The average Bonchev–Trinajstić information content (AvgIpc) is 2.96. The highest BCUT2D eigenvalue weighted by atomic mass is 19.1. The zero-order valence-corrected chi connectivity index (χ0v) is 12.0. The number of rotatable bonds is 4. The first-order valence-electron chi connectivity index (χ1n) is 6.80. The zero-order chi connectivity index (χ0) is 15.6. The first kappa shape index (κ1) is 15.4. The van der Waals surface area contributed by atoms with Crippen LogP contribution in [0.15, 0.2) is 24.3 Å². The number of nitrogens with zero attached hydrogens (tertiary/aromatic N) is 1. The Hall–Kier alpha value is -1.95. The molecule has 0 saturated carbocycles. The van der Waals surface area contributed by atoms with Crippen molar-refractivity contribution >= 4 is 11.9 Å². The summed E-state index contributed by atoms with van der Waals surface area (Å²) in [4.78, 5) is 24.7. The molecule has 1 heterocycles. The first-order chi connectivity index (χ1) is 9.90. The van der Waals surface area contributed by atoms with Gasteiger partial charge in [-0.15, -0.1) is 0 Å². The molecule has 0 spiro atoms. The van der Waals surface area contributed by atoms with Crippen molar-refractivity contribution in [1.29, 1.82) is 0 Å². The summed E-state index contributed by atoms with van der Waals surface area (Å²) in [5, 5.41) is 8.88. The van der Waals surface area contributed by atoms with Gasteiger partial charge in [0.25, 0.3) is 5.91 Å². The van der Waals surface area contributed by atoms with E-state index in [2.05, 4.69) is 0 Å². The summed E-state index contributed by atoms with van der Waals surface area (Å²) in [7, 11) is 1.63. The van der Waals surface area contributed by atoms with Crippen LogP contribution in [0.3, 0.4) is 0 Å². The molecule has 1 aliphatic rings. The Morgan fingerprint density at radius 1 is 1.29 bits per heavy atom. The summed E-state index contributed by atoms with van der Waals surface area (Å²) in [6.45, 7) is 1.83. The molecule has 1 fully saturated rings. The smallest absolute Gasteiger partial charge is 0.332 e. The lowest BCUT2D eigenvalue weighted by atomic mass is 10.1. The fraction of sp³-hybridized carbons (Fsp3) is 0.467. The number of carboxylic acid groups (broad SMARTS) is 1. The number of ether oxygens (including phenoxy) is 1. The Morgan fingerprint density at radius 3 is 2.38 bits per heavy atom. The van der Waals surface area contributed by atoms with E-state index in [1.165, 1.54) is 17.0 Å². The van der Waals surface area contributed by atoms with Crippen LogP contribution in [0.25, 0.3) is 0 Å². The second-order valence-electron chi connectivity index (χ2n) is 5.21. The van der Waals surface area contributed by atoms with Crippen LogP contribution in [0, 0.1) is 5.82 Å². The quantitative estimate of drug-likeness (QED) is 0.922. The van der Waals surface area contributed by atoms with Gasteiger partial charge in [0, 0.05) is 7.05 Å². The molecule has 1 aromatic carbocycles. The topological polar surface area (TPSA) is 66.8 Å². The molecule has 1 N–H and O–H groups in total. The molecule has 1 aromatic rings. The number of carbonyl (C=O) groups is 2. The largest absolute Gasteiger partial charge is 0.479 e. The predicted molar refractivity (Wildman–Crippen MR) is 73.1 cm³/mol. The summed E-state index contributed by atoms with van der Waals surface area (Å²) in [5.41, 5.74) is 0.806. The molecule has 0 bridgehead atoms. The third-order valence-corrected chi connectivity index (χ3v) is 3.85. The highest BCUT2D eigenvalue weighted by Gasteiger charge is 2.37. The standard InChI is InChI=1S/C15H18FNO4/c1-9(10-3-5-11(16)6-4-10)17(2)14(18)12-7-8-13(21-12)15(19)20/h3-6,9,12-13H,7-8H2,1-2H3,(H,19,20). The van der Waals surface area contributed by atoms with Gasteiger partial charge in [0.05, 0.1) is 6.04 Å². The number of likely N-dealkylation sites (N-methyl/N-ethyl adjacent to an activating group) is 1. The molecule has 6 heteroatoms. The molecule has 1 amide bonds. The maximum Gasteiger partial charge on any atom is 0.332 e. The SMILES string of the molecule is CC(c1ccc(F)cc1)N(C)C(=O)C1CCC(C(=O)O)O1. The number of hydrogen-bond donors (Lipinski definition) is 1. The predicted octanol–water partition coefficient (Wildman–Crippen LogP) is 1.98. The minimum Gasteiger partial charge on any atom is -0.479 e. The zero-order valence-electron chi connectivity index (χ0n) is 12.0. The number of hydrogen-bond acceptors (Lipinski definition) is 3. The van der Waals surface area contributed by atoms with E-state index in [9.17, 15) is 14.0 Å². The lowest BCUT2D eigenvalue weighted by Gasteiger charge is -2.27. The van der Waals surface area contributed by atoms with Crippen LogP contribution in [-0.4, -0.2) is 41.1 Å². The molecule has 0 aliphatic carbocycles. The summed E-state index contributed by atoms with van der Waals surface area (Å²) < 4.78 is 18.2. The molecule has 0 radical (unpaired) electrons. The highest BCUT2D eigenvalue weighted by Crippen LogP contribution is 2.25. The molecule has 0 aromatic heterocycles. The number of aliphatic carboxylic acids is 1. The van der Waals surface area contributed by atoms with Crippen molar-refractivity contribution in [2.45, 2.75) is 38.0 Å². The van der Waals surface area contributed by atoms with Gasteiger partial charge in [-0.1, -0.05) is 12.1 Å². The van der Waals surface area contributed by atoms with Crippen LogP contribution in [0.5, 0.6) is 0 Å². The van der Waals surface area contributed by atoms with E-state index < -0.39 is 18.2 Å². The van der Waals surface area contributed by atoms with Crippen LogP contribution < -0.4 is 0 Å². The molecular formula is C15H18FNO4. The van der Waals surface area contributed by atoms with E-state index in [0.717, 1.165) is 5.56 Å². The fourth-order valence-electron chi connectivity index (χ4n) is 2.38. The van der Waals surface area contributed by atoms with Crippen LogP contribution >= 0.6 is 0 Å². The van der Waals surface area contributed by atoms with Crippen molar-refractivity contribution in [1.82, 2.24) is 4.90 Å². The maximum atomic E-state index is 12.9. The third kappa shape index (κ3) is 3.39. The Balaban J connectivity index is 2.02.